The predicted molar refractivity (Wildman–Crippen MR) is 104 cm³/mol. The van der Waals surface area contributed by atoms with Gasteiger partial charge in [-0.1, -0.05) is 12.1 Å². The normalized spacial score (nSPS) is 16.5. The van der Waals surface area contributed by atoms with Gasteiger partial charge >= 0.3 is 6.18 Å². The van der Waals surface area contributed by atoms with E-state index in [1.54, 1.807) is 24.3 Å². The molecule has 0 bridgehead atoms. The van der Waals surface area contributed by atoms with E-state index < -0.39 is 34.2 Å². The Morgan fingerprint density at radius 2 is 1.93 bits per heavy atom. The summed E-state index contributed by atoms with van der Waals surface area (Å²) in [4.78, 5) is 36.3. The molecular formula is C18H14BrF3N4O4. The second-order valence-corrected chi connectivity index (χ2v) is 7.31. The van der Waals surface area contributed by atoms with E-state index in [4.69, 9.17) is 0 Å². The molecule has 0 saturated carbocycles. The Balaban J connectivity index is 1.70. The Morgan fingerprint density at radius 3 is 2.57 bits per heavy atom. The topological polar surface area (TPSA) is 105 Å². The zero-order valence-electron chi connectivity index (χ0n) is 15.1. The van der Waals surface area contributed by atoms with Gasteiger partial charge in [0.2, 0.25) is 11.8 Å². The van der Waals surface area contributed by atoms with Crippen molar-refractivity contribution in [2.75, 3.05) is 16.9 Å². The minimum Gasteiger partial charge on any atom is -0.310 e. The van der Waals surface area contributed by atoms with Crippen LogP contribution in [0.2, 0.25) is 0 Å². The lowest BCUT2D eigenvalue weighted by Gasteiger charge is -2.18. The van der Waals surface area contributed by atoms with Crippen molar-refractivity contribution >= 4 is 44.8 Å². The third-order valence-electron chi connectivity index (χ3n) is 4.48. The van der Waals surface area contributed by atoms with Gasteiger partial charge in [-0.05, 0) is 40.2 Å². The van der Waals surface area contributed by atoms with Crippen LogP contribution in [0.25, 0.3) is 0 Å². The molecule has 12 heteroatoms. The van der Waals surface area contributed by atoms with Crippen molar-refractivity contribution < 1.29 is 27.7 Å². The molecule has 0 aliphatic carbocycles. The molecule has 2 aromatic rings. The lowest BCUT2D eigenvalue weighted by molar-refractivity contribution is -0.384. The van der Waals surface area contributed by atoms with Crippen LogP contribution >= 0.6 is 15.9 Å². The van der Waals surface area contributed by atoms with Crippen LogP contribution in [-0.4, -0.2) is 23.3 Å². The molecule has 1 aliphatic rings. The van der Waals surface area contributed by atoms with E-state index in [1.165, 1.54) is 4.90 Å². The number of anilines is 2. The Bertz CT molecular complexity index is 1020. The Kier molecular flexibility index (Phi) is 5.97. The van der Waals surface area contributed by atoms with Gasteiger partial charge in [-0.3, -0.25) is 30.6 Å². The fourth-order valence-electron chi connectivity index (χ4n) is 2.98. The second-order valence-electron chi connectivity index (χ2n) is 6.46. The van der Waals surface area contributed by atoms with E-state index in [-0.39, 0.29) is 24.6 Å². The molecule has 0 spiro atoms. The van der Waals surface area contributed by atoms with Crippen LogP contribution in [0.1, 0.15) is 12.0 Å². The number of alkyl halides is 3. The van der Waals surface area contributed by atoms with Crippen LogP contribution in [0, 0.1) is 16.0 Å². The first-order valence-corrected chi connectivity index (χ1v) is 9.33. The van der Waals surface area contributed by atoms with Crippen molar-refractivity contribution in [2.24, 2.45) is 5.92 Å². The van der Waals surface area contributed by atoms with E-state index >= 15 is 0 Å². The molecule has 1 atom stereocenters. The zero-order valence-corrected chi connectivity index (χ0v) is 16.7. The molecule has 1 heterocycles. The van der Waals surface area contributed by atoms with Gasteiger partial charge in [0.15, 0.2) is 0 Å². The number of nitrogens with zero attached hydrogens (tertiary/aromatic N) is 2. The molecule has 2 N–H and O–H groups in total. The predicted octanol–water partition coefficient (Wildman–Crippen LogP) is 3.87. The summed E-state index contributed by atoms with van der Waals surface area (Å²) >= 11 is 3.34. The van der Waals surface area contributed by atoms with Gasteiger partial charge in [0.05, 0.1) is 22.1 Å². The van der Waals surface area contributed by atoms with Gasteiger partial charge < -0.3 is 4.90 Å². The van der Waals surface area contributed by atoms with Gasteiger partial charge in [-0.2, -0.15) is 13.2 Å². The number of amides is 2. The van der Waals surface area contributed by atoms with Crippen LogP contribution < -0.4 is 15.8 Å². The second kappa shape index (κ2) is 8.30. The lowest BCUT2D eigenvalue weighted by Crippen LogP contribution is -2.36. The number of nitro groups is 1. The van der Waals surface area contributed by atoms with Crippen LogP contribution in [0.15, 0.2) is 46.9 Å². The fourth-order valence-corrected chi connectivity index (χ4v) is 3.48. The summed E-state index contributed by atoms with van der Waals surface area (Å²) in [7, 11) is 0. The summed E-state index contributed by atoms with van der Waals surface area (Å²) in [6.07, 6.45) is -4.82. The summed E-state index contributed by atoms with van der Waals surface area (Å²) in [6, 6.07) is 8.88. The number of nitro benzene ring substituents is 1. The van der Waals surface area contributed by atoms with Crippen molar-refractivity contribution in [3.05, 3.63) is 62.6 Å². The van der Waals surface area contributed by atoms with E-state index in [2.05, 4.69) is 26.8 Å². The summed E-state index contributed by atoms with van der Waals surface area (Å²) < 4.78 is 39.0. The quantitative estimate of drug-likeness (QED) is 0.493. The molecule has 2 amide bonds. The maximum absolute atomic E-state index is 12.8. The van der Waals surface area contributed by atoms with Gasteiger partial charge in [0.1, 0.15) is 5.69 Å². The zero-order chi connectivity index (χ0) is 22.1. The van der Waals surface area contributed by atoms with Crippen molar-refractivity contribution in [1.29, 1.82) is 0 Å². The third-order valence-corrected chi connectivity index (χ3v) is 5.15. The highest BCUT2D eigenvalue weighted by Crippen LogP contribution is 2.35. The lowest BCUT2D eigenvalue weighted by atomic mass is 10.1. The number of hydrogen-bond donors (Lipinski definition) is 2. The highest BCUT2D eigenvalue weighted by Gasteiger charge is 2.36. The first-order valence-electron chi connectivity index (χ1n) is 8.54. The van der Waals surface area contributed by atoms with E-state index in [0.29, 0.717) is 22.3 Å². The summed E-state index contributed by atoms with van der Waals surface area (Å²) in [5, 5.41) is 11.1. The largest absolute Gasteiger partial charge is 0.416 e. The molecule has 3 rings (SSSR count). The number of carbonyl (C=O) groups excluding carboxylic acids is 2. The van der Waals surface area contributed by atoms with Crippen LogP contribution in [0.3, 0.4) is 0 Å². The Morgan fingerprint density at radius 1 is 1.23 bits per heavy atom. The fraction of sp³-hybridized carbons (Fsp3) is 0.222. The summed E-state index contributed by atoms with van der Waals surface area (Å²) in [6.45, 7) is 0.0874. The monoisotopic (exact) mass is 486 g/mol. The first-order chi connectivity index (χ1) is 14.1. The van der Waals surface area contributed by atoms with Gasteiger partial charge in [-0.25, -0.2) is 0 Å². The summed E-state index contributed by atoms with van der Waals surface area (Å²) in [5.41, 5.74) is 2.78. The molecule has 1 unspecified atom stereocenters. The van der Waals surface area contributed by atoms with Gasteiger partial charge in [0.25, 0.3) is 5.69 Å². The number of para-hydroxylation sites is 1. The molecule has 0 aromatic heterocycles. The molecule has 0 radical (unpaired) electrons. The molecule has 158 valence electrons. The highest BCUT2D eigenvalue weighted by molar-refractivity contribution is 9.10. The van der Waals surface area contributed by atoms with E-state index in [1.807, 2.05) is 0 Å². The maximum Gasteiger partial charge on any atom is 0.416 e. The molecule has 8 nitrogen and oxygen atoms in total. The number of nitrogens with one attached hydrogen (secondary N) is 2. The number of halogens is 4. The molecule has 1 aliphatic heterocycles. The number of hydrogen-bond acceptors (Lipinski definition) is 5. The van der Waals surface area contributed by atoms with Crippen LogP contribution in [0.5, 0.6) is 0 Å². The van der Waals surface area contributed by atoms with Crippen LogP contribution in [-0.2, 0) is 15.8 Å². The maximum atomic E-state index is 12.8. The number of rotatable bonds is 5. The van der Waals surface area contributed by atoms with Crippen molar-refractivity contribution in [3.8, 4) is 0 Å². The SMILES string of the molecule is O=C(NNc1ccc(C(F)(F)F)cc1[N+](=O)[O-])C1CC(=O)N(c2ccccc2Br)C1. The standard InChI is InChI=1S/C18H14BrF3N4O4/c19-12-3-1-2-4-14(12)25-9-10(7-16(25)27)17(28)24-23-13-6-5-11(18(20,21)22)8-15(13)26(29)30/h1-6,8,10,23H,7,9H2,(H,24,28). The highest BCUT2D eigenvalue weighted by atomic mass is 79.9. The summed E-state index contributed by atoms with van der Waals surface area (Å²) in [5.74, 6) is -1.64. The number of carbonyl (C=O) groups is 2. The molecule has 1 fully saturated rings. The van der Waals surface area contributed by atoms with Crippen molar-refractivity contribution in [2.45, 2.75) is 12.6 Å². The number of hydrazine groups is 1. The Labute approximate surface area is 176 Å². The van der Waals surface area contributed by atoms with Crippen LogP contribution in [0.4, 0.5) is 30.2 Å². The Hall–Kier alpha value is -3.15. The first kappa shape index (κ1) is 21.6. The molecular weight excluding hydrogens is 473 g/mol. The average molecular weight is 487 g/mol. The molecule has 1 saturated heterocycles. The van der Waals surface area contributed by atoms with E-state index in [9.17, 15) is 32.9 Å². The van der Waals surface area contributed by atoms with E-state index in [0.717, 1.165) is 6.07 Å². The van der Waals surface area contributed by atoms with Crippen molar-refractivity contribution in [1.82, 2.24) is 5.43 Å². The minimum atomic E-state index is -4.74. The average Bonchev–Trinajstić information content (AvgIpc) is 3.07. The number of benzene rings is 2. The minimum absolute atomic E-state index is 0.0794. The van der Waals surface area contributed by atoms with Gasteiger partial charge in [0, 0.05) is 23.5 Å². The van der Waals surface area contributed by atoms with Crippen molar-refractivity contribution in [3.63, 3.8) is 0 Å². The van der Waals surface area contributed by atoms with Gasteiger partial charge in [-0.15, -0.1) is 0 Å². The smallest absolute Gasteiger partial charge is 0.310 e. The molecule has 30 heavy (non-hydrogen) atoms. The third kappa shape index (κ3) is 4.53. The molecule has 2 aromatic carbocycles.